The van der Waals surface area contributed by atoms with Crippen molar-refractivity contribution in [3.8, 4) is 5.75 Å². The largest absolute Gasteiger partial charge is 0.491 e. The molecule has 0 aromatic heterocycles. The van der Waals surface area contributed by atoms with Gasteiger partial charge in [-0.3, -0.25) is 0 Å². The summed E-state index contributed by atoms with van der Waals surface area (Å²) in [7, 11) is 0. The molecule has 6 heteroatoms. The molecule has 0 aliphatic carbocycles. The fourth-order valence-electron chi connectivity index (χ4n) is 4.17. The predicted octanol–water partition coefficient (Wildman–Crippen LogP) is 5.69. The van der Waals surface area contributed by atoms with E-state index in [1.807, 2.05) is 6.07 Å². The summed E-state index contributed by atoms with van der Waals surface area (Å²) >= 11 is 7.12. The van der Waals surface area contributed by atoms with E-state index < -0.39 is 0 Å². The Morgan fingerprint density at radius 3 is 2.48 bits per heavy atom. The summed E-state index contributed by atoms with van der Waals surface area (Å²) in [6, 6.07) is 14.7. The highest BCUT2D eigenvalue weighted by Gasteiger charge is 2.37. The third kappa shape index (κ3) is 5.07. The van der Waals surface area contributed by atoms with Crippen LogP contribution in [0, 0.1) is 5.92 Å². The van der Waals surface area contributed by atoms with E-state index in [1.165, 1.54) is 18.4 Å². The van der Waals surface area contributed by atoms with Gasteiger partial charge in [0.15, 0.2) is 0 Å². The minimum absolute atomic E-state index is 0. The molecule has 2 aliphatic rings. The van der Waals surface area contributed by atoms with Crippen molar-refractivity contribution >= 4 is 44.3 Å². The number of nitrogens with one attached hydrogen (secondary N) is 1. The lowest BCUT2D eigenvalue weighted by Crippen LogP contribution is -2.41. The molecule has 0 amide bonds. The first-order valence-electron chi connectivity index (χ1n) is 9.20. The maximum atomic E-state index is 6.41. The Morgan fingerprint density at radius 1 is 1.04 bits per heavy atom. The topological polar surface area (TPSA) is 30.5 Å². The standard InChI is InChI=1S/C21H23Br2NO2.ClH/c22-16-9-14(10-17(23)11-16)12-25-20-13-26-19-4-2-1-3-18(19)21(20)15-5-7-24-8-6-15;/h1-4,9-11,15,20-21,24H,5-8,12-13H2;1H/t20-,21-;/m1./s1. The Bertz CT molecular complexity index is 747. The van der Waals surface area contributed by atoms with E-state index >= 15 is 0 Å². The Hall–Kier alpha value is -0.590. The van der Waals surface area contributed by atoms with Crippen LogP contribution in [0.15, 0.2) is 51.4 Å². The molecule has 0 saturated carbocycles. The number of benzene rings is 2. The highest BCUT2D eigenvalue weighted by atomic mass is 79.9. The van der Waals surface area contributed by atoms with E-state index in [4.69, 9.17) is 9.47 Å². The molecule has 1 fully saturated rings. The first-order chi connectivity index (χ1) is 12.7. The molecule has 4 rings (SSSR count). The zero-order valence-corrected chi connectivity index (χ0v) is 19.0. The molecule has 2 aromatic rings. The van der Waals surface area contributed by atoms with Crippen LogP contribution < -0.4 is 10.1 Å². The van der Waals surface area contributed by atoms with Crippen LogP contribution in [0.2, 0.25) is 0 Å². The molecule has 146 valence electrons. The molecule has 2 atom stereocenters. The Balaban J connectivity index is 0.00000210. The van der Waals surface area contributed by atoms with Crippen molar-refractivity contribution in [3.63, 3.8) is 0 Å². The van der Waals surface area contributed by atoms with Gasteiger partial charge in [0.05, 0.1) is 12.7 Å². The highest BCUT2D eigenvalue weighted by molar-refractivity contribution is 9.11. The van der Waals surface area contributed by atoms with Gasteiger partial charge in [-0.25, -0.2) is 0 Å². The smallest absolute Gasteiger partial charge is 0.123 e. The van der Waals surface area contributed by atoms with Gasteiger partial charge in [0.2, 0.25) is 0 Å². The van der Waals surface area contributed by atoms with Crippen LogP contribution in [-0.2, 0) is 11.3 Å². The second-order valence-corrected chi connectivity index (χ2v) is 8.92. The third-order valence-electron chi connectivity index (χ3n) is 5.36. The molecule has 2 aromatic carbocycles. The zero-order chi connectivity index (χ0) is 17.9. The molecule has 0 radical (unpaired) electrons. The monoisotopic (exact) mass is 515 g/mol. The summed E-state index contributed by atoms with van der Waals surface area (Å²) in [5.41, 5.74) is 2.47. The van der Waals surface area contributed by atoms with Gasteiger partial charge in [-0.1, -0.05) is 50.1 Å². The normalized spacial score (nSPS) is 22.4. The van der Waals surface area contributed by atoms with E-state index in [0.717, 1.165) is 33.3 Å². The number of fused-ring (bicyclic) bond motifs is 1. The summed E-state index contributed by atoms with van der Waals surface area (Å²) in [6.07, 6.45) is 2.48. The summed E-state index contributed by atoms with van der Waals surface area (Å²) in [4.78, 5) is 0. The lowest BCUT2D eigenvalue weighted by atomic mass is 9.76. The number of hydrogen-bond acceptors (Lipinski definition) is 3. The number of para-hydroxylation sites is 1. The lowest BCUT2D eigenvalue weighted by Gasteiger charge is -2.40. The number of rotatable bonds is 4. The van der Waals surface area contributed by atoms with Crippen molar-refractivity contribution in [2.75, 3.05) is 19.7 Å². The first-order valence-corrected chi connectivity index (χ1v) is 10.8. The minimum Gasteiger partial charge on any atom is -0.491 e. The molecule has 0 spiro atoms. The van der Waals surface area contributed by atoms with Crippen molar-refractivity contribution in [2.45, 2.75) is 31.5 Å². The number of ether oxygens (including phenoxy) is 2. The molecule has 2 aliphatic heterocycles. The van der Waals surface area contributed by atoms with Gasteiger partial charge in [-0.05, 0) is 61.7 Å². The molecule has 2 heterocycles. The Morgan fingerprint density at radius 2 is 1.74 bits per heavy atom. The van der Waals surface area contributed by atoms with Crippen molar-refractivity contribution in [3.05, 3.63) is 62.5 Å². The predicted molar refractivity (Wildman–Crippen MR) is 118 cm³/mol. The summed E-state index contributed by atoms with van der Waals surface area (Å²) in [5, 5.41) is 3.48. The van der Waals surface area contributed by atoms with Crippen LogP contribution in [0.25, 0.3) is 0 Å². The minimum atomic E-state index is 0. The van der Waals surface area contributed by atoms with Gasteiger partial charge < -0.3 is 14.8 Å². The first kappa shape index (κ1) is 21.1. The number of hydrogen-bond donors (Lipinski definition) is 1. The molecular weight excluding hydrogens is 493 g/mol. The fourth-order valence-corrected chi connectivity index (χ4v) is 5.56. The Labute approximate surface area is 183 Å². The van der Waals surface area contributed by atoms with E-state index in [2.05, 4.69) is 73.6 Å². The van der Waals surface area contributed by atoms with Crippen molar-refractivity contribution in [1.82, 2.24) is 5.32 Å². The van der Waals surface area contributed by atoms with E-state index in [1.54, 1.807) is 0 Å². The van der Waals surface area contributed by atoms with Gasteiger partial charge in [0.25, 0.3) is 0 Å². The average molecular weight is 518 g/mol. The highest BCUT2D eigenvalue weighted by Crippen LogP contribution is 2.42. The maximum Gasteiger partial charge on any atom is 0.123 e. The van der Waals surface area contributed by atoms with Gasteiger partial charge in [0.1, 0.15) is 12.4 Å². The molecule has 0 bridgehead atoms. The van der Waals surface area contributed by atoms with Crippen LogP contribution in [-0.4, -0.2) is 25.8 Å². The molecule has 1 saturated heterocycles. The van der Waals surface area contributed by atoms with Crippen LogP contribution in [0.4, 0.5) is 0 Å². The molecule has 1 N–H and O–H groups in total. The summed E-state index contributed by atoms with van der Waals surface area (Å²) in [6.45, 7) is 3.40. The third-order valence-corrected chi connectivity index (χ3v) is 6.28. The van der Waals surface area contributed by atoms with Crippen LogP contribution in [0.1, 0.15) is 29.9 Å². The zero-order valence-electron chi connectivity index (χ0n) is 15.0. The van der Waals surface area contributed by atoms with Crippen molar-refractivity contribution < 1.29 is 9.47 Å². The van der Waals surface area contributed by atoms with Crippen molar-refractivity contribution in [1.29, 1.82) is 0 Å². The second kappa shape index (κ2) is 9.75. The van der Waals surface area contributed by atoms with Gasteiger partial charge in [0, 0.05) is 20.4 Å². The molecule has 0 unspecified atom stereocenters. The van der Waals surface area contributed by atoms with Gasteiger partial charge in [-0.15, -0.1) is 12.4 Å². The number of piperidine rings is 1. The van der Waals surface area contributed by atoms with Crippen LogP contribution >= 0.6 is 44.3 Å². The number of halogens is 3. The van der Waals surface area contributed by atoms with Gasteiger partial charge >= 0.3 is 0 Å². The second-order valence-electron chi connectivity index (χ2n) is 7.09. The molecular formula is C21H24Br2ClNO2. The Kier molecular flexibility index (Phi) is 7.63. The summed E-state index contributed by atoms with van der Waals surface area (Å²) < 4.78 is 14.6. The van der Waals surface area contributed by atoms with E-state index in [0.29, 0.717) is 25.0 Å². The van der Waals surface area contributed by atoms with Gasteiger partial charge in [-0.2, -0.15) is 0 Å². The maximum absolute atomic E-state index is 6.41. The van der Waals surface area contributed by atoms with E-state index in [9.17, 15) is 0 Å². The van der Waals surface area contributed by atoms with E-state index in [-0.39, 0.29) is 18.5 Å². The molecule has 3 nitrogen and oxygen atoms in total. The SMILES string of the molecule is Brc1cc(Br)cc(CO[C@@H]2COc3ccccc3[C@H]2C2CCNCC2)c1.Cl. The summed E-state index contributed by atoms with van der Waals surface area (Å²) in [5.74, 6) is 2.07. The molecule has 27 heavy (non-hydrogen) atoms. The lowest BCUT2D eigenvalue weighted by molar-refractivity contribution is -0.0334. The quantitative estimate of drug-likeness (QED) is 0.565. The van der Waals surface area contributed by atoms with Crippen molar-refractivity contribution in [2.24, 2.45) is 5.92 Å². The van der Waals surface area contributed by atoms with Crippen LogP contribution in [0.3, 0.4) is 0 Å². The van der Waals surface area contributed by atoms with Crippen LogP contribution in [0.5, 0.6) is 5.75 Å². The average Bonchev–Trinajstić information content (AvgIpc) is 2.66. The fraction of sp³-hybridized carbons (Fsp3) is 0.429.